The Bertz CT molecular complexity index is 390. The zero-order chi connectivity index (χ0) is 11.9. The monoisotopic (exact) mass is 233 g/mol. The third-order valence-corrected chi connectivity index (χ3v) is 2.99. The Morgan fingerprint density at radius 1 is 1.35 bits per heavy atom. The van der Waals surface area contributed by atoms with Crippen LogP contribution in [0.3, 0.4) is 0 Å². The largest absolute Gasteiger partial charge is 0.390 e. The summed E-state index contributed by atoms with van der Waals surface area (Å²) in [4.78, 5) is 8.30. The van der Waals surface area contributed by atoms with E-state index in [1.807, 2.05) is 0 Å². The molecule has 17 heavy (non-hydrogen) atoms. The molecule has 0 bridgehead atoms. The molecule has 0 aromatic carbocycles. The Hall–Kier alpha value is -1.42. The van der Waals surface area contributed by atoms with E-state index >= 15 is 0 Å². The molecule has 1 heterocycles. The first-order valence-electron chi connectivity index (χ1n) is 6.23. The van der Waals surface area contributed by atoms with Crippen LogP contribution in [0.15, 0.2) is 23.9 Å². The average molecular weight is 233 g/mol. The highest BCUT2D eigenvalue weighted by Gasteiger charge is 2.03. The van der Waals surface area contributed by atoms with E-state index in [4.69, 9.17) is 5.11 Å². The summed E-state index contributed by atoms with van der Waals surface area (Å²) in [6.07, 6.45) is 10.2. The second-order valence-corrected chi connectivity index (χ2v) is 4.31. The highest BCUT2D eigenvalue weighted by Crippen LogP contribution is 2.19. The SMILES string of the molecule is OCc1ccnc(NCCC2=CCCCC2)n1. The molecule has 0 radical (unpaired) electrons. The number of aromatic nitrogens is 2. The highest BCUT2D eigenvalue weighted by atomic mass is 16.3. The molecule has 4 heteroatoms. The molecule has 0 aliphatic heterocycles. The van der Waals surface area contributed by atoms with Crippen molar-refractivity contribution in [1.82, 2.24) is 9.97 Å². The zero-order valence-electron chi connectivity index (χ0n) is 10.0. The molecular weight excluding hydrogens is 214 g/mol. The number of hydrogen-bond donors (Lipinski definition) is 2. The lowest BCUT2D eigenvalue weighted by molar-refractivity contribution is 0.277. The standard InChI is InChI=1S/C13H19N3O/c17-10-12-7-9-15-13(16-12)14-8-6-11-4-2-1-3-5-11/h4,7,9,17H,1-3,5-6,8,10H2,(H,14,15,16). The molecule has 1 aliphatic rings. The number of rotatable bonds is 5. The maximum atomic E-state index is 8.96. The van der Waals surface area contributed by atoms with Crippen LogP contribution < -0.4 is 5.32 Å². The van der Waals surface area contributed by atoms with Crippen LogP contribution in [0.5, 0.6) is 0 Å². The second kappa shape index (κ2) is 6.35. The number of anilines is 1. The van der Waals surface area contributed by atoms with E-state index in [0.717, 1.165) is 13.0 Å². The van der Waals surface area contributed by atoms with Crippen LogP contribution in [-0.2, 0) is 6.61 Å². The Morgan fingerprint density at radius 2 is 2.29 bits per heavy atom. The van der Waals surface area contributed by atoms with Crippen LogP contribution in [-0.4, -0.2) is 21.6 Å². The summed E-state index contributed by atoms with van der Waals surface area (Å²) >= 11 is 0. The van der Waals surface area contributed by atoms with E-state index in [0.29, 0.717) is 11.6 Å². The van der Waals surface area contributed by atoms with Gasteiger partial charge in [0.15, 0.2) is 0 Å². The van der Waals surface area contributed by atoms with Gasteiger partial charge in [-0.1, -0.05) is 11.6 Å². The van der Waals surface area contributed by atoms with Crippen molar-refractivity contribution in [2.45, 2.75) is 38.7 Å². The highest BCUT2D eigenvalue weighted by molar-refractivity contribution is 5.25. The number of aliphatic hydroxyl groups excluding tert-OH is 1. The molecule has 2 rings (SSSR count). The van der Waals surface area contributed by atoms with Gasteiger partial charge in [-0.3, -0.25) is 0 Å². The lowest BCUT2D eigenvalue weighted by Crippen LogP contribution is -2.08. The molecule has 1 aliphatic carbocycles. The Kier molecular flexibility index (Phi) is 4.50. The van der Waals surface area contributed by atoms with Gasteiger partial charge in [-0.25, -0.2) is 9.97 Å². The maximum absolute atomic E-state index is 8.96. The van der Waals surface area contributed by atoms with E-state index < -0.39 is 0 Å². The lowest BCUT2D eigenvalue weighted by Gasteiger charge is -2.12. The first-order valence-corrected chi connectivity index (χ1v) is 6.23. The fraction of sp³-hybridized carbons (Fsp3) is 0.538. The second-order valence-electron chi connectivity index (χ2n) is 4.31. The Balaban J connectivity index is 1.79. The number of hydrogen-bond acceptors (Lipinski definition) is 4. The van der Waals surface area contributed by atoms with Crippen molar-refractivity contribution in [3.8, 4) is 0 Å². The van der Waals surface area contributed by atoms with Gasteiger partial charge in [-0.15, -0.1) is 0 Å². The Labute approximate surface area is 102 Å². The number of aliphatic hydroxyl groups is 1. The fourth-order valence-electron chi connectivity index (χ4n) is 2.04. The number of allylic oxidation sites excluding steroid dienone is 1. The summed E-state index contributed by atoms with van der Waals surface area (Å²) in [5.74, 6) is 0.605. The van der Waals surface area contributed by atoms with Gasteiger partial charge in [0, 0.05) is 12.7 Å². The van der Waals surface area contributed by atoms with Crippen molar-refractivity contribution >= 4 is 5.95 Å². The predicted molar refractivity (Wildman–Crippen MR) is 67.6 cm³/mol. The summed E-state index contributed by atoms with van der Waals surface area (Å²) in [6.45, 7) is 0.822. The van der Waals surface area contributed by atoms with Gasteiger partial charge in [0.1, 0.15) is 0 Å². The van der Waals surface area contributed by atoms with E-state index in [-0.39, 0.29) is 6.61 Å². The van der Waals surface area contributed by atoms with Crippen LogP contribution >= 0.6 is 0 Å². The van der Waals surface area contributed by atoms with Crippen LogP contribution in [0, 0.1) is 0 Å². The van der Waals surface area contributed by atoms with E-state index in [1.165, 1.54) is 25.7 Å². The summed E-state index contributed by atoms with van der Waals surface area (Å²) in [5.41, 5.74) is 2.20. The van der Waals surface area contributed by atoms with Gasteiger partial charge >= 0.3 is 0 Å². The van der Waals surface area contributed by atoms with E-state index in [9.17, 15) is 0 Å². The maximum Gasteiger partial charge on any atom is 0.222 e. The Morgan fingerprint density at radius 3 is 3.06 bits per heavy atom. The molecule has 0 fully saturated rings. The third kappa shape index (κ3) is 3.82. The molecular formula is C13H19N3O. The van der Waals surface area contributed by atoms with Gasteiger partial charge in [0.2, 0.25) is 5.95 Å². The summed E-state index contributed by atoms with van der Waals surface area (Å²) in [5, 5.41) is 12.2. The topological polar surface area (TPSA) is 58.0 Å². The first-order chi connectivity index (χ1) is 8.38. The smallest absolute Gasteiger partial charge is 0.222 e. The van der Waals surface area contributed by atoms with Crippen LogP contribution in [0.1, 0.15) is 37.8 Å². The molecule has 2 N–H and O–H groups in total. The predicted octanol–water partition coefficient (Wildman–Crippen LogP) is 2.27. The van der Waals surface area contributed by atoms with Crippen molar-refractivity contribution in [2.75, 3.05) is 11.9 Å². The summed E-state index contributed by atoms with van der Waals surface area (Å²) in [7, 11) is 0. The summed E-state index contributed by atoms with van der Waals surface area (Å²) < 4.78 is 0. The van der Waals surface area contributed by atoms with E-state index in [2.05, 4.69) is 21.4 Å². The number of nitrogens with zero attached hydrogens (tertiary/aromatic N) is 2. The van der Waals surface area contributed by atoms with Crippen LogP contribution in [0.25, 0.3) is 0 Å². The zero-order valence-corrected chi connectivity index (χ0v) is 10.0. The summed E-state index contributed by atoms with van der Waals surface area (Å²) in [6, 6.07) is 1.72. The lowest BCUT2D eigenvalue weighted by atomic mass is 9.97. The van der Waals surface area contributed by atoms with Crippen LogP contribution in [0.2, 0.25) is 0 Å². The van der Waals surface area contributed by atoms with Crippen molar-refractivity contribution in [3.63, 3.8) is 0 Å². The molecule has 4 nitrogen and oxygen atoms in total. The molecule has 0 amide bonds. The molecule has 92 valence electrons. The normalized spacial score (nSPS) is 15.5. The molecule has 1 aromatic heterocycles. The van der Waals surface area contributed by atoms with Gasteiger partial charge in [-0.05, 0) is 38.2 Å². The molecule has 1 aromatic rings. The van der Waals surface area contributed by atoms with Gasteiger partial charge in [0.05, 0.1) is 12.3 Å². The average Bonchev–Trinajstić information content (AvgIpc) is 2.40. The molecule has 0 atom stereocenters. The van der Waals surface area contributed by atoms with Gasteiger partial charge in [0.25, 0.3) is 0 Å². The molecule has 0 spiro atoms. The van der Waals surface area contributed by atoms with Gasteiger partial charge < -0.3 is 10.4 Å². The number of nitrogens with one attached hydrogen (secondary N) is 1. The van der Waals surface area contributed by atoms with Crippen molar-refractivity contribution < 1.29 is 5.11 Å². The molecule has 0 unspecified atom stereocenters. The quantitative estimate of drug-likeness (QED) is 0.766. The third-order valence-electron chi connectivity index (χ3n) is 2.99. The van der Waals surface area contributed by atoms with E-state index in [1.54, 1.807) is 17.8 Å². The van der Waals surface area contributed by atoms with Crippen molar-refractivity contribution in [1.29, 1.82) is 0 Å². The molecule has 0 saturated heterocycles. The van der Waals surface area contributed by atoms with Gasteiger partial charge in [-0.2, -0.15) is 0 Å². The minimum Gasteiger partial charge on any atom is -0.390 e. The van der Waals surface area contributed by atoms with Crippen molar-refractivity contribution in [2.24, 2.45) is 0 Å². The minimum atomic E-state index is -0.0393. The van der Waals surface area contributed by atoms with Crippen LogP contribution in [0.4, 0.5) is 5.95 Å². The fourth-order valence-corrected chi connectivity index (χ4v) is 2.04. The molecule has 0 saturated carbocycles. The van der Waals surface area contributed by atoms with Crippen molar-refractivity contribution in [3.05, 3.63) is 29.6 Å². The minimum absolute atomic E-state index is 0.0393. The first kappa shape index (κ1) is 12.0.